The molecule has 7 nitrogen and oxygen atoms in total. The quantitative estimate of drug-likeness (QED) is 0.410. The predicted molar refractivity (Wildman–Crippen MR) is 95.5 cm³/mol. The fourth-order valence-electron chi connectivity index (χ4n) is 2.44. The molecule has 0 fully saturated rings. The van der Waals surface area contributed by atoms with Crippen molar-refractivity contribution >= 4 is 33.6 Å². The van der Waals surface area contributed by atoms with Crippen molar-refractivity contribution in [2.45, 2.75) is 38.0 Å². The number of hydrogen-bond donors (Lipinski definition) is 1. The van der Waals surface area contributed by atoms with E-state index in [0.29, 0.717) is 10.7 Å². The van der Waals surface area contributed by atoms with Crippen molar-refractivity contribution in [2.75, 3.05) is 0 Å². The smallest absolute Gasteiger partial charge is 0.211 e. The topological polar surface area (TPSA) is 93.2 Å². The minimum atomic E-state index is -0.233. The first-order chi connectivity index (χ1) is 11.8. The average molecular weight is 376 g/mol. The molecule has 2 aromatic heterocycles. The standard InChI is InChI=1S/C16H16N4O3S2/c1-9-11(8-17)14(16(2,3)4)19-20(9)15-18-12-6-5-10(25-23-22-21)7-13(12)24-15/h5-7,21H,1-4H3. The van der Waals surface area contributed by atoms with Crippen LogP contribution in [0.3, 0.4) is 0 Å². The van der Waals surface area contributed by atoms with Crippen LogP contribution < -0.4 is 0 Å². The number of aromatic nitrogens is 3. The van der Waals surface area contributed by atoms with E-state index in [4.69, 9.17) is 5.26 Å². The van der Waals surface area contributed by atoms with E-state index in [-0.39, 0.29) is 5.41 Å². The minimum absolute atomic E-state index is 0.233. The van der Waals surface area contributed by atoms with Gasteiger partial charge in [0.25, 0.3) is 0 Å². The molecule has 1 aromatic carbocycles. The molecular weight excluding hydrogens is 360 g/mol. The Labute approximate surface area is 152 Å². The molecule has 25 heavy (non-hydrogen) atoms. The summed E-state index contributed by atoms with van der Waals surface area (Å²) in [6.45, 7) is 7.97. The van der Waals surface area contributed by atoms with Crippen molar-refractivity contribution in [1.29, 1.82) is 5.26 Å². The highest BCUT2D eigenvalue weighted by Gasteiger charge is 2.26. The van der Waals surface area contributed by atoms with Gasteiger partial charge in [-0.1, -0.05) is 37.1 Å². The second kappa shape index (κ2) is 6.74. The Morgan fingerprint density at radius 3 is 2.72 bits per heavy atom. The number of fused-ring (bicyclic) bond motifs is 1. The number of rotatable bonds is 4. The van der Waals surface area contributed by atoms with Gasteiger partial charge in [-0.15, -0.1) is 4.33 Å². The maximum absolute atomic E-state index is 9.51. The molecule has 3 rings (SSSR count). The van der Waals surface area contributed by atoms with E-state index in [1.807, 2.05) is 45.9 Å². The summed E-state index contributed by atoms with van der Waals surface area (Å²) in [7, 11) is 0. The van der Waals surface area contributed by atoms with Gasteiger partial charge in [0.1, 0.15) is 6.07 Å². The Kier molecular flexibility index (Phi) is 4.81. The van der Waals surface area contributed by atoms with Crippen molar-refractivity contribution in [3.8, 4) is 11.2 Å². The SMILES string of the molecule is Cc1c(C#N)c(C(C)(C)C)nn1-c1nc2ccc(SOOO)cc2s1. The van der Waals surface area contributed by atoms with Crippen LogP contribution in [0.4, 0.5) is 0 Å². The van der Waals surface area contributed by atoms with E-state index in [9.17, 15) is 5.26 Å². The zero-order valence-corrected chi connectivity index (χ0v) is 15.7. The first-order valence-electron chi connectivity index (χ1n) is 7.41. The molecule has 0 radical (unpaired) electrons. The van der Waals surface area contributed by atoms with Crippen molar-refractivity contribution in [1.82, 2.24) is 14.8 Å². The molecule has 9 heteroatoms. The van der Waals surface area contributed by atoms with Crippen LogP contribution in [0.1, 0.15) is 37.7 Å². The van der Waals surface area contributed by atoms with Crippen LogP contribution in [-0.4, -0.2) is 20.0 Å². The van der Waals surface area contributed by atoms with Crippen LogP contribution in [0, 0.1) is 18.3 Å². The van der Waals surface area contributed by atoms with Crippen molar-refractivity contribution in [3.05, 3.63) is 35.2 Å². The predicted octanol–water partition coefficient (Wildman–Crippen LogP) is 4.39. The molecule has 0 amide bonds. The van der Waals surface area contributed by atoms with Crippen LogP contribution in [0.15, 0.2) is 23.1 Å². The van der Waals surface area contributed by atoms with Gasteiger partial charge in [-0.3, -0.25) is 0 Å². The summed E-state index contributed by atoms with van der Waals surface area (Å²) < 4.78 is 7.12. The van der Waals surface area contributed by atoms with Crippen LogP contribution in [0.5, 0.6) is 0 Å². The zero-order valence-electron chi connectivity index (χ0n) is 14.1. The Balaban J connectivity index is 2.08. The number of benzene rings is 1. The van der Waals surface area contributed by atoms with Gasteiger partial charge >= 0.3 is 0 Å². The normalized spacial score (nSPS) is 11.8. The molecular formula is C16H16N4O3S2. The zero-order chi connectivity index (χ0) is 18.2. The van der Waals surface area contributed by atoms with E-state index in [1.54, 1.807) is 4.68 Å². The fourth-order valence-corrected chi connectivity index (χ4v) is 3.92. The Morgan fingerprint density at radius 2 is 2.12 bits per heavy atom. The third-order valence-electron chi connectivity index (χ3n) is 3.63. The monoisotopic (exact) mass is 376 g/mol. The van der Waals surface area contributed by atoms with Gasteiger partial charge in [0.15, 0.2) is 0 Å². The molecule has 2 heterocycles. The molecule has 0 spiro atoms. The second-order valence-electron chi connectivity index (χ2n) is 6.43. The largest absolute Gasteiger partial charge is 0.220 e. The van der Waals surface area contributed by atoms with Gasteiger partial charge in [0.05, 0.1) is 39.2 Å². The van der Waals surface area contributed by atoms with Gasteiger partial charge in [-0.2, -0.15) is 10.4 Å². The van der Waals surface area contributed by atoms with Crippen LogP contribution >= 0.6 is 23.4 Å². The fraction of sp³-hybridized carbons (Fsp3) is 0.312. The summed E-state index contributed by atoms with van der Waals surface area (Å²) in [6, 6.07) is 7.81. The summed E-state index contributed by atoms with van der Waals surface area (Å²) in [5.74, 6) is 0. The van der Waals surface area contributed by atoms with Crippen molar-refractivity contribution in [2.24, 2.45) is 0 Å². The molecule has 130 valence electrons. The lowest BCUT2D eigenvalue weighted by atomic mass is 9.89. The number of hydrogen-bond acceptors (Lipinski definition) is 8. The summed E-state index contributed by atoms with van der Waals surface area (Å²) in [6.07, 6.45) is 0. The molecule has 0 saturated carbocycles. The first kappa shape index (κ1) is 17.8. The first-order valence-corrected chi connectivity index (χ1v) is 8.97. The van der Waals surface area contributed by atoms with Crippen LogP contribution in [-0.2, 0) is 14.8 Å². The lowest BCUT2D eigenvalue weighted by Crippen LogP contribution is -2.14. The molecule has 1 N–H and O–H groups in total. The molecule has 0 saturated heterocycles. The van der Waals surface area contributed by atoms with E-state index >= 15 is 0 Å². The maximum Gasteiger partial charge on any atom is 0.211 e. The van der Waals surface area contributed by atoms with Crippen molar-refractivity contribution in [3.63, 3.8) is 0 Å². The molecule has 0 aliphatic rings. The molecule has 0 unspecified atom stereocenters. The Bertz CT molecular complexity index is 966. The van der Waals surface area contributed by atoms with Crippen LogP contribution in [0.2, 0.25) is 0 Å². The molecule has 0 atom stereocenters. The third kappa shape index (κ3) is 3.40. The van der Waals surface area contributed by atoms with Crippen molar-refractivity contribution < 1.29 is 14.6 Å². The third-order valence-corrected chi connectivity index (χ3v) is 5.20. The summed E-state index contributed by atoms with van der Waals surface area (Å²) in [5, 5.41) is 26.7. The molecule has 0 aliphatic heterocycles. The minimum Gasteiger partial charge on any atom is -0.220 e. The second-order valence-corrected chi connectivity index (χ2v) is 8.22. The number of nitrogens with zero attached hydrogens (tertiary/aromatic N) is 4. The average Bonchev–Trinajstić information content (AvgIpc) is 3.12. The lowest BCUT2D eigenvalue weighted by molar-refractivity contribution is -0.432. The van der Waals surface area contributed by atoms with Gasteiger partial charge in [-0.25, -0.2) is 14.9 Å². The highest BCUT2D eigenvalue weighted by atomic mass is 32.2. The summed E-state index contributed by atoms with van der Waals surface area (Å²) in [5.41, 5.74) is 2.72. The molecule has 3 aromatic rings. The van der Waals surface area contributed by atoms with Crippen LogP contribution in [0.25, 0.3) is 15.3 Å². The number of thiazole rings is 1. The lowest BCUT2D eigenvalue weighted by Gasteiger charge is -2.15. The van der Waals surface area contributed by atoms with E-state index in [1.165, 1.54) is 11.3 Å². The van der Waals surface area contributed by atoms with E-state index < -0.39 is 0 Å². The van der Waals surface area contributed by atoms with E-state index in [2.05, 4.69) is 25.5 Å². The van der Waals surface area contributed by atoms with Gasteiger partial charge < -0.3 is 0 Å². The summed E-state index contributed by atoms with van der Waals surface area (Å²) in [4.78, 5) is 5.38. The van der Waals surface area contributed by atoms with Gasteiger partial charge in [0.2, 0.25) is 5.13 Å². The van der Waals surface area contributed by atoms with E-state index in [0.717, 1.165) is 38.5 Å². The number of nitriles is 1. The Hall–Kier alpha value is -1.96. The highest BCUT2D eigenvalue weighted by molar-refractivity contribution is 7.94. The maximum atomic E-state index is 9.51. The highest BCUT2D eigenvalue weighted by Crippen LogP contribution is 2.32. The molecule has 0 aliphatic carbocycles. The van der Waals surface area contributed by atoms with Gasteiger partial charge in [0, 0.05) is 10.3 Å². The summed E-state index contributed by atoms with van der Waals surface area (Å²) >= 11 is 2.36. The molecule has 0 bridgehead atoms. The van der Waals surface area contributed by atoms with Gasteiger partial charge in [-0.05, 0) is 25.1 Å². The Morgan fingerprint density at radius 1 is 1.36 bits per heavy atom.